The third kappa shape index (κ3) is 3.71. The molecule has 0 spiro atoms. The Kier molecular flexibility index (Phi) is 4.43. The average molecular weight is 390 g/mol. The smallest absolute Gasteiger partial charge is 0.418 e. The van der Waals surface area contributed by atoms with Crippen LogP contribution in [-0.2, 0) is 17.4 Å². The molecule has 2 aromatic rings. The monoisotopic (exact) mass is 390 g/mol. The lowest BCUT2D eigenvalue weighted by Gasteiger charge is -2.09. The van der Waals surface area contributed by atoms with Gasteiger partial charge in [-0.3, -0.25) is 4.79 Å². The van der Waals surface area contributed by atoms with Crippen molar-refractivity contribution in [1.29, 1.82) is 0 Å². The van der Waals surface area contributed by atoms with E-state index in [0.29, 0.717) is 11.5 Å². The molecule has 8 heteroatoms. The van der Waals surface area contributed by atoms with Crippen LogP contribution in [0.2, 0.25) is 0 Å². The fraction of sp³-hybridized carbons (Fsp3) is 0.158. The molecule has 0 unspecified atom stereocenters. The highest BCUT2D eigenvalue weighted by Crippen LogP contribution is 2.37. The van der Waals surface area contributed by atoms with Crippen molar-refractivity contribution < 1.29 is 22.7 Å². The maximum atomic E-state index is 13.1. The number of amides is 1. The van der Waals surface area contributed by atoms with Crippen LogP contribution in [0.3, 0.4) is 0 Å². The van der Waals surface area contributed by atoms with Crippen LogP contribution in [-0.4, -0.2) is 17.7 Å². The van der Waals surface area contributed by atoms with E-state index in [1.54, 1.807) is 6.08 Å². The molecule has 1 amide bonds. The number of ether oxygens (including phenoxy) is 1. The molecule has 0 bridgehead atoms. The molecule has 2 aliphatic rings. The zero-order valence-electron chi connectivity index (χ0n) is 13.8. The number of fused-ring (bicyclic) bond motifs is 1. The van der Waals surface area contributed by atoms with E-state index in [2.05, 4.69) is 10.3 Å². The second kappa shape index (κ2) is 6.77. The standard InChI is InChI=1S/C19H13F3N2O2S/c20-19(21,22)13-3-1-2-4-14(13)23-18-24-17(25)16(27-18)10-11-5-6-15-12(9-11)7-8-26-15/h1-6,9-10H,7-8H2,(H,23,24,25). The summed E-state index contributed by atoms with van der Waals surface area (Å²) in [5.74, 6) is 0.451. The number of alkyl halides is 3. The van der Waals surface area contributed by atoms with Crippen LogP contribution < -0.4 is 10.1 Å². The van der Waals surface area contributed by atoms with E-state index in [0.717, 1.165) is 41.1 Å². The number of para-hydroxylation sites is 1. The summed E-state index contributed by atoms with van der Waals surface area (Å²) < 4.78 is 44.7. The molecule has 0 aromatic heterocycles. The lowest BCUT2D eigenvalue weighted by Crippen LogP contribution is -2.19. The van der Waals surface area contributed by atoms with Gasteiger partial charge in [0.15, 0.2) is 5.17 Å². The Hall–Kier alpha value is -2.74. The summed E-state index contributed by atoms with van der Waals surface area (Å²) in [7, 11) is 0. The Bertz CT molecular complexity index is 983. The molecule has 0 aliphatic carbocycles. The van der Waals surface area contributed by atoms with Crippen molar-refractivity contribution in [3.63, 3.8) is 0 Å². The number of carbonyl (C=O) groups excluding carboxylic acids is 1. The Morgan fingerprint density at radius 1 is 1.19 bits per heavy atom. The fourth-order valence-corrected chi connectivity index (χ4v) is 3.68. The average Bonchev–Trinajstić information content (AvgIpc) is 3.21. The number of benzene rings is 2. The topological polar surface area (TPSA) is 50.7 Å². The van der Waals surface area contributed by atoms with Crippen molar-refractivity contribution in [2.75, 3.05) is 6.61 Å². The van der Waals surface area contributed by atoms with Gasteiger partial charge in [0.05, 0.1) is 22.8 Å². The van der Waals surface area contributed by atoms with Crippen LogP contribution in [0.5, 0.6) is 5.75 Å². The molecule has 1 saturated heterocycles. The number of hydrogen-bond acceptors (Lipinski definition) is 4. The van der Waals surface area contributed by atoms with Gasteiger partial charge in [0.1, 0.15) is 5.75 Å². The lowest BCUT2D eigenvalue weighted by molar-refractivity contribution is -0.137. The molecular weight excluding hydrogens is 377 g/mol. The SMILES string of the molecule is O=C1NC(=Nc2ccccc2C(F)(F)F)SC1=Cc1ccc2c(c1)CCO2. The lowest BCUT2D eigenvalue weighted by atomic mass is 10.1. The third-order valence-electron chi connectivity index (χ3n) is 4.09. The van der Waals surface area contributed by atoms with E-state index >= 15 is 0 Å². The van der Waals surface area contributed by atoms with Gasteiger partial charge in [-0.1, -0.05) is 18.2 Å². The number of amidine groups is 1. The van der Waals surface area contributed by atoms with Crippen LogP contribution in [0, 0.1) is 0 Å². The minimum atomic E-state index is -4.51. The van der Waals surface area contributed by atoms with Gasteiger partial charge in [0, 0.05) is 6.42 Å². The second-order valence-corrected chi connectivity index (χ2v) is 6.99. The zero-order chi connectivity index (χ0) is 19.0. The molecule has 0 saturated carbocycles. The van der Waals surface area contributed by atoms with E-state index in [4.69, 9.17) is 4.74 Å². The molecule has 4 nitrogen and oxygen atoms in total. The predicted octanol–water partition coefficient (Wildman–Crippen LogP) is 4.53. The van der Waals surface area contributed by atoms with Gasteiger partial charge < -0.3 is 10.1 Å². The Morgan fingerprint density at radius 3 is 2.81 bits per heavy atom. The highest BCUT2D eigenvalue weighted by atomic mass is 32.2. The molecule has 0 radical (unpaired) electrons. The number of thioether (sulfide) groups is 1. The van der Waals surface area contributed by atoms with Crippen LogP contribution >= 0.6 is 11.8 Å². The summed E-state index contributed by atoms with van der Waals surface area (Å²) in [6, 6.07) is 10.6. The molecule has 0 atom stereocenters. The Labute approximate surface area is 157 Å². The number of hydrogen-bond donors (Lipinski definition) is 1. The summed E-state index contributed by atoms with van der Waals surface area (Å²) in [6.07, 6.45) is -2.01. The number of nitrogens with one attached hydrogen (secondary N) is 1. The van der Waals surface area contributed by atoms with Gasteiger partial charge in [-0.25, -0.2) is 4.99 Å². The van der Waals surface area contributed by atoms with Crippen molar-refractivity contribution in [1.82, 2.24) is 5.32 Å². The molecule has 138 valence electrons. The van der Waals surface area contributed by atoms with Gasteiger partial charge in [-0.05, 0) is 53.2 Å². The fourth-order valence-electron chi connectivity index (χ4n) is 2.85. The molecule has 2 aliphatic heterocycles. The van der Waals surface area contributed by atoms with Crippen LogP contribution in [0.15, 0.2) is 52.4 Å². The summed E-state index contributed by atoms with van der Waals surface area (Å²) in [5.41, 5.74) is 0.821. The van der Waals surface area contributed by atoms with E-state index in [1.165, 1.54) is 18.2 Å². The zero-order valence-corrected chi connectivity index (χ0v) is 14.7. The number of nitrogens with zero attached hydrogens (tertiary/aromatic N) is 1. The van der Waals surface area contributed by atoms with Gasteiger partial charge in [-0.15, -0.1) is 0 Å². The molecule has 27 heavy (non-hydrogen) atoms. The normalized spacial score (nSPS) is 19.3. The molecule has 2 aromatic carbocycles. The highest BCUT2D eigenvalue weighted by molar-refractivity contribution is 8.18. The molecule has 1 fully saturated rings. The van der Waals surface area contributed by atoms with Crippen molar-refractivity contribution in [2.45, 2.75) is 12.6 Å². The first-order chi connectivity index (χ1) is 12.9. The largest absolute Gasteiger partial charge is 0.493 e. The highest BCUT2D eigenvalue weighted by Gasteiger charge is 2.34. The number of carbonyl (C=O) groups is 1. The van der Waals surface area contributed by atoms with Crippen molar-refractivity contribution >= 4 is 34.6 Å². The number of rotatable bonds is 2. The maximum Gasteiger partial charge on any atom is 0.418 e. The number of aliphatic imine (C=N–C) groups is 1. The molecular formula is C19H13F3N2O2S. The second-order valence-electron chi connectivity index (χ2n) is 5.96. The molecule has 1 N–H and O–H groups in total. The van der Waals surface area contributed by atoms with Crippen molar-refractivity contribution in [3.8, 4) is 5.75 Å². The Morgan fingerprint density at radius 2 is 2.00 bits per heavy atom. The maximum absolute atomic E-state index is 13.1. The van der Waals surface area contributed by atoms with E-state index in [-0.39, 0.29) is 16.8 Å². The van der Waals surface area contributed by atoms with E-state index < -0.39 is 11.7 Å². The first-order valence-electron chi connectivity index (χ1n) is 8.12. The van der Waals surface area contributed by atoms with E-state index in [9.17, 15) is 18.0 Å². The minimum Gasteiger partial charge on any atom is -0.493 e. The quantitative estimate of drug-likeness (QED) is 0.767. The first-order valence-corrected chi connectivity index (χ1v) is 8.93. The summed E-state index contributed by atoms with van der Waals surface area (Å²) in [6.45, 7) is 0.639. The van der Waals surface area contributed by atoms with Crippen LogP contribution in [0.1, 0.15) is 16.7 Å². The molecule has 2 heterocycles. The van der Waals surface area contributed by atoms with Crippen LogP contribution in [0.4, 0.5) is 18.9 Å². The van der Waals surface area contributed by atoms with Gasteiger partial charge in [0.2, 0.25) is 0 Å². The Balaban J connectivity index is 1.61. The summed E-state index contributed by atoms with van der Waals surface area (Å²) in [5, 5.41) is 2.64. The first kappa shape index (κ1) is 17.7. The predicted molar refractivity (Wildman–Crippen MR) is 97.9 cm³/mol. The van der Waals surface area contributed by atoms with E-state index in [1.807, 2.05) is 18.2 Å². The summed E-state index contributed by atoms with van der Waals surface area (Å²) in [4.78, 5) is 16.5. The van der Waals surface area contributed by atoms with Crippen molar-refractivity contribution in [3.05, 3.63) is 64.1 Å². The number of halogens is 3. The van der Waals surface area contributed by atoms with Gasteiger partial charge >= 0.3 is 6.18 Å². The van der Waals surface area contributed by atoms with Crippen LogP contribution in [0.25, 0.3) is 6.08 Å². The molecule has 4 rings (SSSR count). The van der Waals surface area contributed by atoms with Gasteiger partial charge in [-0.2, -0.15) is 13.2 Å². The minimum absolute atomic E-state index is 0.118. The summed E-state index contributed by atoms with van der Waals surface area (Å²) >= 11 is 1.01. The van der Waals surface area contributed by atoms with Gasteiger partial charge in [0.25, 0.3) is 5.91 Å². The van der Waals surface area contributed by atoms with Crippen molar-refractivity contribution in [2.24, 2.45) is 4.99 Å². The third-order valence-corrected chi connectivity index (χ3v) is 5.00.